The Morgan fingerprint density at radius 1 is 1.24 bits per heavy atom. The van der Waals surface area contributed by atoms with Crippen molar-refractivity contribution < 1.29 is 18.0 Å². The maximum absolute atomic E-state index is 13.3. The first-order valence-corrected chi connectivity index (χ1v) is 7.29. The number of nitrogens with one attached hydrogen (secondary N) is 1. The van der Waals surface area contributed by atoms with Crippen LogP contribution in [0.15, 0.2) is 42.5 Å². The fourth-order valence-electron chi connectivity index (χ4n) is 2.52. The molecule has 2 aromatic carbocycles. The molecule has 0 fully saturated rings. The van der Waals surface area contributed by atoms with E-state index in [-0.39, 0.29) is 29.0 Å². The first-order valence-electron chi connectivity index (χ1n) is 7.29. The van der Waals surface area contributed by atoms with Crippen LogP contribution in [0.25, 0.3) is 10.9 Å². The van der Waals surface area contributed by atoms with Gasteiger partial charge in [0.15, 0.2) is 5.82 Å². The van der Waals surface area contributed by atoms with Crippen LogP contribution in [0, 0.1) is 18.2 Å². The zero-order chi connectivity index (χ0) is 18.0. The second-order valence-corrected chi connectivity index (χ2v) is 5.22. The number of aromatic nitrogens is 2. The lowest BCUT2D eigenvalue weighted by Gasteiger charge is -2.04. The molecular formula is C18H12F3N3O. The van der Waals surface area contributed by atoms with Crippen molar-refractivity contribution >= 4 is 22.6 Å². The van der Waals surface area contributed by atoms with Gasteiger partial charge in [-0.25, -0.2) is 13.2 Å². The number of rotatable bonds is 4. The number of hydrogen-bond acceptors (Lipinski definition) is 2. The van der Waals surface area contributed by atoms with Gasteiger partial charge in [-0.15, -0.1) is 6.42 Å². The molecule has 0 spiro atoms. The molecule has 4 nitrogen and oxygen atoms in total. The van der Waals surface area contributed by atoms with Gasteiger partial charge in [0.2, 0.25) is 0 Å². The van der Waals surface area contributed by atoms with E-state index in [2.05, 4.69) is 16.3 Å². The minimum absolute atomic E-state index is 0.0212. The van der Waals surface area contributed by atoms with E-state index in [0.29, 0.717) is 5.39 Å². The quantitative estimate of drug-likeness (QED) is 0.728. The van der Waals surface area contributed by atoms with Crippen molar-refractivity contribution in [2.75, 3.05) is 5.32 Å². The van der Waals surface area contributed by atoms with Crippen LogP contribution in [0.4, 0.5) is 19.0 Å². The van der Waals surface area contributed by atoms with Crippen LogP contribution in [0.2, 0.25) is 0 Å². The minimum atomic E-state index is -2.71. The third-order valence-corrected chi connectivity index (χ3v) is 3.62. The van der Waals surface area contributed by atoms with Crippen molar-refractivity contribution in [2.24, 2.45) is 0 Å². The molecule has 1 N–H and O–H groups in total. The topological polar surface area (TPSA) is 46.9 Å². The van der Waals surface area contributed by atoms with Crippen LogP contribution in [0.1, 0.15) is 22.3 Å². The number of alkyl halides is 2. The Hall–Kier alpha value is -3.27. The highest BCUT2D eigenvalue weighted by Crippen LogP contribution is 2.31. The normalized spacial score (nSPS) is 10.8. The number of amides is 1. The smallest absolute Gasteiger partial charge is 0.265 e. The summed E-state index contributed by atoms with van der Waals surface area (Å²) in [6.45, 7) is -0.0212. The van der Waals surface area contributed by atoms with Crippen molar-refractivity contribution in [3.05, 3.63) is 59.4 Å². The van der Waals surface area contributed by atoms with E-state index < -0.39 is 18.1 Å². The van der Waals surface area contributed by atoms with Gasteiger partial charge in [-0.05, 0) is 30.3 Å². The molecule has 126 valence electrons. The average molecular weight is 343 g/mol. The third kappa shape index (κ3) is 3.19. The first-order chi connectivity index (χ1) is 12.0. The van der Waals surface area contributed by atoms with E-state index in [9.17, 15) is 18.0 Å². The standard InChI is InChI=1S/C18H12F3N3O/c1-2-10-24-15-13(16(20)21)4-3-5-14(15)17(23-24)22-18(25)11-6-8-12(19)9-7-11/h1,3-9,16H,10H2,(H,22,23,25). The maximum atomic E-state index is 13.3. The highest BCUT2D eigenvalue weighted by Gasteiger charge is 2.20. The molecule has 1 aromatic heterocycles. The highest BCUT2D eigenvalue weighted by atomic mass is 19.3. The summed E-state index contributed by atoms with van der Waals surface area (Å²) in [7, 11) is 0. The molecule has 3 aromatic rings. The van der Waals surface area contributed by atoms with E-state index in [1.54, 1.807) is 6.07 Å². The Balaban J connectivity index is 2.05. The van der Waals surface area contributed by atoms with Crippen molar-refractivity contribution in [2.45, 2.75) is 13.0 Å². The molecule has 0 aliphatic heterocycles. The molecule has 7 heteroatoms. The number of halogens is 3. The van der Waals surface area contributed by atoms with Gasteiger partial charge < -0.3 is 5.32 Å². The third-order valence-electron chi connectivity index (χ3n) is 3.62. The number of fused-ring (bicyclic) bond motifs is 1. The van der Waals surface area contributed by atoms with Gasteiger partial charge in [0.1, 0.15) is 12.4 Å². The molecule has 25 heavy (non-hydrogen) atoms. The predicted molar refractivity (Wildman–Crippen MR) is 87.9 cm³/mol. The molecule has 0 radical (unpaired) electrons. The molecule has 0 aliphatic rings. The second-order valence-electron chi connectivity index (χ2n) is 5.22. The van der Waals surface area contributed by atoms with Gasteiger partial charge in [0, 0.05) is 16.5 Å². The summed E-state index contributed by atoms with van der Waals surface area (Å²) in [6.07, 6.45) is 2.56. The lowest BCUT2D eigenvalue weighted by Crippen LogP contribution is -2.12. The summed E-state index contributed by atoms with van der Waals surface area (Å²) in [5.41, 5.74) is 0.165. The summed E-state index contributed by atoms with van der Waals surface area (Å²) < 4.78 is 40.8. The van der Waals surface area contributed by atoms with Gasteiger partial charge in [-0.2, -0.15) is 5.10 Å². The largest absolute Gasteiger partial charge is 0.305 e. The SMILES string of the molecule is C#CCn1nc(NC(=O)c2ccc(F)cc2)c2cccc(C(F)F)c21. The van der Waals surface area contributed by atoms with E-state index in [4.69, 9.17) is 6.42 Å². The van der Waals surface area contributed by atoms with Crippen LogP contribution < -0.4 is 5.32 Å². The Kier molecular flexibility index (Phi) is 4.44. The molecule has 0 saturated heterocycles. The Morgan fingerprint density at radius 3 is 2.60 bits per heavy atom. The number of hydrogen-bond donors (Lipinski definition) is 1. The van der Waals surface area contributed by atoms with E-state index >= 15 is 0 Å². The van der Waals surface area contributed by atoms with Gasteiger partial charge in [-0.3, -0.25) is 9.48 Å². The van der Waals surface area contributed by atoms with E-state index in [1.165, 1.54) is 28.9 Å². The van der Waals surface area contributed by atoms with Crippen molar-refractivity contribution in [3.8, 4) is 12.3 Å². The second kappa shape index (κ2) is 6.69. The number of nitrogens with zero attached hydrogens (tertiary/aromatic N) is 2. The van der Waals surface area contributed by atoms with Crippen molar-refractivity contribution in [1.29, 1.82) is 0 Å². The molecule has 0 atom stereocenters. The van der Waals surface area contributed by atoms with Crippen LogP contribution in [0.5, 0.6) is 0 Å². The molecule has 0 unspecified atom stereocenters. The lowest BCUT2D eigenvalue weighted by molar-refractivity contribution is 0.102. The summed E-state index contributed by atoms with van der Waals surface area (Å²) in [6, 6.07) is 9.25. The van der Waals surface area contributed by atoms with Gasteiger partial charge in [0.05, 0.1) is 5.52 Å². The van der Waals surface area contributed by atoms with Crippen molar-refractivity contribution in [3.63, 3.8) is 0 Å². The van der Waals surface area contributed by atoms with Gasteiger partial charge >= 0.3 is 0 Å². The number of benzene rings is 2. The molecule has 1 amide bonds. The number of anilines is 1. The number of terminal acetylenes is 1. The summed E-state index contributed by atoms with van der Waals surface area (Å²) in [5, 5.41) is 7.05. The summed E-state index contributed by atoms with van der Waals surface area (Å²) in [4.78, 5) is 12.3. The predicted octanol–water partition coefficient (Wildman–Crippen LogP) is 4.00. The fourth-order valence-corrected chi connectivity index (χ4v) is 2.52. The zero-order valence-electron chi connectivity index (χ0n) is 12.8. The van der Waals surface area contributed by atoms with Crippen LogP contribution in [-0.4, -0.2) is 15.7 Å². The molecule has 3 rings (SSSR count). The minimum Gasteiger partial charge on any atom is -0.305 e. The highest BCUT2D eigenvalue weighted by molar-refractivity contribution is 6.08. The Labute approximate surface area is 141 Å². The maximum Gasteiger partial charge on any atom is 0.265 e. The van der Waals surface area contributed by atoms with Crippen molar-refractivity contribution in [1.82, 2.24) is 9.78 Å². The first kappa shape index (κ1) is 16.6. The molecule has 0 aliphatic carbocycles. The number of carbonyl (C=O) groups is 1. The monoisotopic (exact) mass is 343 g/mol. The Bertz CT molecular complexity index is 972. The number of para-hydroxylation sites is 1. The molecule has 0 saturated carbocycles. The van der Waals surface area contributed by atoms with Gasteiger partial charge in [0.25, 0.3) is 12.3 Å². The molecule has 0 bridgehead atoms. The lowest BCUT2D eigenvalue weighted by atomic mass is 10.1. The van der Waals surface area contributed by atoms with Crippen LogP contribution >= 0.6 is 0 Å². The van der Waals surface area contributed by atoms with Crippen LogP contribution in [0.3, 0.4) is 0 Å². The average Bonchev–Trinajstić information content (AvgIpc) is 2.93. The summed E-state index contributed by atoms with van der Waals surface area (Å²) >= 11 is 0. The summed E-state index contributed by atoms with van der Waals surface area (Å²) in [5.74, 6) is 1.46. The van der Waals surface area contributed by atoms with E-state index in [1.807, 2.05) is 0 Å². The fraction of sp³-hybridized carbons (Fsp3) is 0.111. The zero-order valence-corrected chi connectivity index (χ0v) is 12.8. The Morgan fingerprint density at radius 2 is 1.96 bits per heavy atom. The van der Waals surface area contributed by atoms with E-state index in [0.717, 1.165) is 12.1 Å². The molecular weight excluding hydrogens is 331 g/mol. The number of carbonyl (C=O) groups excluding carboxylic acids is 1. The molecule has 1 heterocycles. The van der Waals surface area contributed by atoms with Gasteiger partial charge in [-0.1, -0.05) is 18.1 Å². The van der Waals surface area contributed by atoms with Crippen LogP contribution in [-0.2, 0) is 6.54 Å².